The summed E-state index contributed by atoms with van der Waals surface area (Å²) in [4.78, 5) is 32.7. The first-order valence-electron chi connectivity index (χ1n) is 5.96. The van der Waals surface area contributed by atoms with Crippen LogP contribution < -0.4 is 5.32 Å². The zero-order valence-electron chi connectivity index (χ0n) is 11.3. The number of carbonyl (C=O) groups excluding carboxylic acids is 1. The Morgan fingerprint density at radius 2 is 2.05 bits per heavy atom. The van der Waals surface area contributed by atoms with E-state index in [1.165, 1.54) is 32.0 Å². The second-order valence-electron chi connectivity index (χ2n) is 5.07. The minimum absolute atomic E-state index is 0.00388. The van der Waals surface area contributed by atoms with Crippen LogP contribution in [0.1, 0.15) is 19.4 Å². The van der Waals surface area contributed by atoms with E-state index in [0.29, 0.717) is 5.56 Å². The van der Waals surface area contributed by atoms with Gasteiger partial charge in [-0.1, -0.05) is 12.1 Å². The first-order valence-corrected chi connectivity index (χ1v) is 5.96. The zero-order valence-corrected chi connectivity index (χ0v) is 11.3. The Morgan fingerprint density at radius 3 is 2.60 bits per heavy atom. The second-order valence-corrected chi connectivity index (χ2v) is 5.07. The lowest BCUT2D eigenvalue weighted by Gasteiger charge is -2.19. The maximum absolute atomic E-state index is 11.7. The lowest BCUT2D eigenvalue weighted by atomic mass is 9.94. The van der Waals surface area contributed by atoms with E-state index in [9.17, 15) is 19.7 Å². The molecule has 0 radical (unpaired) electrons. The van der Waals surface area contributed by atoms with Crippen molar-refractivity contribution in [3.8, 4) is 0 Å². The SMILES string of the molecule is CC(C)(CNC(=O)Cc1cccc([N+](=O)[O-])c1)C(=O)O. The number of nitro benzene ring substituents is 1. The maximum atomic E-state index is 11.7. The number of carboxylic acids is 1. The number of nitro groups is 1. The van der Waals surface area contributed by atoms with E-state index >= 15 is 0 Å². The van der Waals surface area contributed by atoms with Crippen molar-refractivity contribution in [2.45, 2.75) is 20.3 Å². The predicted molar refractivity (Wildman–Crippen MR) is 71.2 cm³/mol. The monoisotopic (exact) mass is 280 g/mol. The number of rotatable bonds is 6. The van der Waals surface area contributed by atoms with Crippen molar-refractivity contribution in [1.82, 2.24) is 5.32 Å². The van der Waals surface area contributed by atoms with Crippen molar-refractivity contribution < 1.29 is 19.6 Å². The fourth-order valence-corrected chi connectivity index (χ4v) is 1.42. The molecule has 0 bridgehead atoms. The van der Waals surface area contributed by atoms with Gasteiger partial charge in [-0.05, 0) is 19.4 Å². The largest absolute Gasteiger partial charge is 0.481 e. The van der Waals surface area contributed by atoms with Crippen LogP contribution in [0.15, 0.2) is 24.3 Å². The molecule has 0 aliphatic rings. The summed E-state index contributed by atoms with van der Waals surface area (Å²) >= 11 is 0. The average Bonchev–Trinajstić information content (AvgIpc) is 2.36. The minimum atomic E-state index is -1.06. The van der Waals surface area contributed by atoms with Crippen LogP contribution in [0.5, 0.6) is 0 Å². The number of amides is 1. The van der Waals surface area contributed by atoms with Gasteiger partial charge in [-0.25, -0.2) is 0 Å². The molecule has 1 amide bonds. The number of aliphatic carboxylic acids is 1. The molecule has 0 heterocycles. The second kappa shape index (κ2) is 6.14. The van der Waals surface area contributed by atoms with E-state index in [1.54, 1.807) is 6.07 Å². The third kappa shape index (κ3) is 4.34. The normalized spacial score (nSPS) is 10.9. The highest BCUT2D eigenvalue weighted by Crippen LogP contribution is 2.15. The first kappa shape index (κ1) is 15.6. The van der Waals surface area contributed by atoms with Gasteiger partial charge in [-0.15, -0.1) is 0 Å². The summed E-state index contributed by atoms with van der Waals surface area (Å²) in [7, 11) is 0. The molecule has 7 nitrogen and oxygen atoms in total. The molecule has 1 aromatic rings. The molecule has 20 heavy (non-hydrogen) atoms. The van der Waals surface area contributed by atoms with Gasteiger partial charge in [-0.2, -0.15) is 0 Å². The summed E-state index contributed by atoms with van der Waals surface area (Å²) < 4.78 is 0. The first-order chi connectivity index (χ1) is 9.22. The molecule has 1 aromatic carbocycles. The molecule has 0 saturated heterocycles. The molecule has 1 rings (SSSR count). The third-order valence-electron chi connectivity index (χ3n) is 2.79. The summed E-state index contributed by atoms with van der Waals surface area (Å²) in [5.74, 6) is -1.38. The molecule has 0 atom stereocenters. The highest BCUT2D eigenvalue weighted by atomic mass is 16.6. The Balaban J connectivity index is 2.61. The number of benzene rings is 1. The predicted octanol–water partition coefficient (Wildman–Crippen LogP) is 1.36. The van der Waals surface area contributed by atoms with Gasteiger partial charge in [0.2, 0.25) is 5.91 Å². The van der Waals surface area contributed by atoms with Crippen LogP contribution in [0.2, 0.25) is 0 Å². The van der Waals surface area contributed by atoms with Gasteiger partial charge in [0.25, 0.3) is 5.69 Å². The summed E-state index contributed by atoms with van der Waals surface area (Å²) in [5.41, 5.74) is -0.635. The Hall–Kier alpha value is -2.44. The molecule has 0 spiro atoms. The van der Waals surface area contributed by atoms with Crippen LogP contribution in [0.3, 0.4) is 0 Å². The molecule has 0 unspecified atom stereocenters. The standard InChI is InChI=1S/C13H16N2O5/c1-13(2,12(17)18)8-14-11(16)7-9-4-3-5-10(6-9)15(19)20/h3-6H,7-8H2,1-2H3,(H,14,16)(H,17,18). The molecular formula is C13H16N2O5. The summed E-state index contributed by atoms with van der Waals surface area (Å²) in [5, 5.41) is 22.0. The Bertz CT molecular complexity index is 539. The van der Waals surface area contributed by atoms with E-state index in [1.807, 2.05) is 0 Å². The summed E-state index contributed by atoms with van der Waals surface area (Å²) in [6.07, 6.45) is -0.0304. The Morgan fingerprint density at radius 1 is 1.40 bits per heavy atom. The van der Waals surface area contributed by atoms with Crippen molar-refractivity contribution in [3.63, 3.8) is 0 Å². The van der Waals surface area contributed by atoms with Gasteiger partial charge in [-0.3, -0.25) is 19.7 Å². The summed E-state index contributed by atoms with van der Waals surface area (Å²) in [6.45, 7) is 3.00. The maximum Gasteiger partial charge on any atom is 0.310 e. The topological polar surface area (TPSA) is 110 Å². The van der Waals surface area contributed by atoms with E-state index in [0.717, 1.165) is 0 Å². The highest BCUT2D eigenvalue weighted by molar-refractivity contribution is 5.80. The van der Waals surface area contributed by atoms with Crippen molar-refractivity contribution in [2.75, 3.05) is 6.54 Å². The van der Waals surface area contributed by atoms with Crippen LogP contribution in [0.25, 0.3) is 0 Å². The van der Waals surface area contributed by atoms with E-state index < -0.39 is 16.3 Å². The molecule has 0 aliphatic carbocycles. The number of hydrogen-bond acceptors (Lipinski definition) is 4. The molecule has 0 aliphatic heterocycles. The molecule has 0 fully saturated rings. The van der Waals surface area contributed by atoms with E-state index in [4.69, 9.17) is 5.11 Å². The van der Waals surface area contributed by atoms with Gasteiger partial charge < -0.3 is 10.4 Å². The van der Waals surface area contributed by atoms with Gasteiger partial charge >= 0.3 is 5.97 Å². The molecule has 2 N–H and O–H groups in total. The van der Waals surface area contributed by atoms with Gasteiger partial charge in [0.1, 0.15) is 0 Å². The van der Waals surface area contributed by atoms with Crippen LogP contribution in [-0.4, -0.2) is 28.5 Å². The lowest BCUT2D eigenvalue weighted by Crippen LogP contribution is -2.39. The van der Waals surface area contributed by atoms with Crippen LogP contribution >= 0.6 is 0 Å². The Labute approximate surface area is 115 Å². The van der Waals surface area contributed by atoms with Crippen LogP contribution in [0.4, 0.5) is 5.69 Å². The fraction of sp³-hybridized carbons (Fsp3) is 0.385. The van der Waals surface area contributed by atoms with E-state index in [2.05, 4.69) is 5.32 Å². The smallest absolute Gasteiger partial charge is 0.310 e. The number of non-ortho nitro benzene ring substituents is 1. The number of hydrogen-bond donors (Lipinski definition) is 2. The molecule has 0 aromatic heterocycles. The number of carboxylic acid groups (broad SMARTS) is 1. The quantitative estimate of drug-likeness (QED) is 0.604. The van der Waals surface area contributed by atoms with Crippen molar-refractivity contribution >= 4 is 17.6 Å². The Kier molecular flexibility index (Phi) is 4.79. The lowest BCUT2D eigenvalue weighted by molar-refractivity contribution is -0.384. The summed E-state index contributed by atoms with van der Waals surface area (Å²) in [6, 6.07) is 5.77. The third-order valence-corrected chi connectivity index (χ3v) is 2.79. The molecule has 0 saturated carbocycles. The van der Waals surface area contributed by atoms with Crippen molar-refractivity contribution in [1.29, 1.82) is 0 Å². The number of nitrogens with zero attached hydrogens (tertiary/aromatic N) is 1. The molecule has 7 heteroatoms. The van der Waals surface area contributed by atoms with Crippen molar-refractivity contribution in [3.05, 3.63) is 39.9 Å². The highest BCUT2D eigenvalue weighted by Gasteiger charge is 2.27. The average molecular weight is 280 g/mol. The molecular weight excluding hydrogens is 264 g/mol. The van der Waals surface area contributed by atoms with Gasteiger partial charge in [0, 0.05) is 18.7 Å². The molecule has 108 valence electrons. The van der Waals surface area contributed by atoms with Crippen molar-refractivity contribution in [2.24, 2.45) is 5.41 Å². The van der Waals surface area contributed by atoms with Crippen LogP contribution in [0, 0.1) is 15.5 Å². The van der Waals surface area contributed by atoms with E-state index in [-0.39, 0.29) is 24.6 Å². The van der Waals surface area contributed by atoms with Crippen LogP contribution in [-0.2, 0) is 16.0 Å². The van der Waals surface area contributed by atoms with Gasteiger partial charge in [0.05, 0.1) is 16.8 Å². The van der Waals surface area contributed by atoms with Gasteiger partial charge in [0.15, 0.2) is 0 Å². The number of nitrogens with one attached hydrogen (secondary N) is 1. The fourth-order valence-electron chi connectivity index (χ4n) is 1.42. The zero-order chi connectivity index (χ0) is 15.3. The number of carbonyl (C=O) groups is 2. The minimum Gasteiger partial charge on any atom is -0.481 e.